The lowest BCUT2D eigenvalue weighted by atomic mass is 9.79. The van der Waals surface area contributed by atoms with Gasteiger partial charge < -0.3 is 14.7 Å². The third kappa shape index (κ3) is 3.95. The van der Waals surface area contributed by atoms with E-state index in [4.69, 9.17) is 4.74 Å². The number of likely N-dealkylation sites (N-methyl/N-ethyl adjacent to an activating group) is 1. The number of hydrogen-bond donors (Lipinski definition) is 1. The summed E-state index contributed by atoms with van der Waals surface area (Å²) in [7, 11) is 0. The first kappa shape index (κ1) is 17.0. The number of amides is 1. The van der Waals surface area contributed by atoms with Gasteiger partial charge in [-0.2, -0.15) is 0 Å². The first-order valence-electron chi connectivity index (χ1n) is 7.61. The van der Waals surface area contributed by atoms with E-state index in [2.05, 4.69) is 0 Å². The third-order valence-corrected chi connectivity index (χ3v) is 4.48. The molecule has 0 saturated carbocycles. The molecule has 116 valence electrons. The van der Waals surface area contributed by atoms with Crippen LogP contribution in [0, 0.1) is 5.41 Å². The molecule has 0 aromatic heterocycles. The number of hydrogen-bond acceptors (Lipinski definition) is 3. The molecule has 0 bridgehead atoms. The van der Waals surface area contributed by atoms with Gasteiger partial charge in [0.2, 0.25) is 5.91 Å². The molecule has 1 aliphatic rings. The summed E-state index contributed by atoms with van der Waals surface area (Å²) < 4.78 is 5.56. The number of carboxylic acids is 1. The number of carbonyl (C=O) groups excluding carboxylic acids is 1. The Morgan fingerprint density at radius 1 is 1.30 bits per heavy atom. The average Bonchev–Trinajstić information content (AvgIpc) is 2.94. The van der Waals surface area contributed by atoms with Crippen molar-refractivity contribution in [1.29, 1.82) is 0 Å². The molecule has 1 fully saturated rings. The molecule has 1 amide bonds. The maximum absolute atomic E-state index is 12.4. The second kappa shape index (κ2) is 7.62. The summed E-state index contributed by atoms with van der Waals surface area (Å²) in [5, 5.41) is 9.42. The number of carbonyl (C=O) groups is 2. The van der Waals surface area contributed by atoms with Gasteiger partial charge in [0.15, 0.2) is 0 Å². The van der Waals surface area contributed by atoms with Crippen LogP contribution in [0.15, 0.2) is 0 Å². The fourth-order valence-corrected chi connectivity index (χ4v) is 2.72. The second-order valence-corrected chi connectivity index (χ2v) is 5.54. The van der Waals surface area contributed by atoms with Gasteiger partial charge in [-0.1, -0.05) is 13.8 Å². The van der Waals surface area contributed by atoms with E-state index >= 15 is 0 Å². The number of rotatable bonds is 8. The maximum atomic E-state index is 12.4. The fraction of sp³-hybridized carbons (Fsp3) is 0.867. The van der Waals surface area contributed by atoms with Gasteiger partial charge in [-0.15, -0.1) is 0 Å². The smallest absolute Gasteiger partial charge is 0.310 e. The Kier molecular flexibility index (Phi) is 6.46. The minimum Gasteiger partial charge on any atom is -0.481 e. The van der Waals surface area contributed by atoms with Crippen LogP contribution < -0.4 is 0 Å². The van der Waals surface area contributed by atoms with Gasteiger partial charge in [0.1, 0.15) is 0 Å². The van der Waals surface area contributed by atoms with Crippen molar-refractivity contribution in [2.45, 2.75) is 59.0 Å². The van der Waals surface area contributed by atoms with Gasteiger partial charge in [0.25, 0.3) is 0 Å². The topological polar surface area (TPSA) is 66.8 Å². The predicted molar refractivity (Wildman–Crippen MR) is 76.5 cm³/mol. The lowest BCUT2D eigenvalue weighted by molar-refractivity contribution is -0.154. The number of carboxylic acid groups (broad SMARTS) is 1. The predicted octanol–water partition coefficient (Wildman–Crippen LogP) is 2.29. The molecule has 1 aliphatic heterocycles. The first-order chi connectivity index (χ1) is 9.49. The Hall–Kier alpha value is -1.10. The van der Waals surface area contributed by atoms with Crippen molar-refractivity contribution in [2.75, 3.05) is 19.7 Å². The molecule has 5 heteroatoms. The Labute approximate surface area is 121 Å². The quantitative estimate of drug-likeness (QED) is 0.743. The Bertz CT molecular complexity index is 333. The van der Waals surface area contributed by atoms with Gasteiger partial charge in [-0.25, -0.2) is 0 Å². The summed E-state index contributed by atoms with van der Waals surface area (Å²) in [6, 6.07) is 0. The summed E-state index contributed by atoms with van der Waals surface area (Å²) >= 11 is 0. The molecule has 1 unspecified atom stereocenters. The van der Waals surface area contributed by atoms with Crippen LogP contribution in [0.4, 0.5) is 0 Å². The average molecular weight is 285 g/mol. The highest BCUT2D eigenvalue weighted by Crippen LogP contribution is 2.32. The summed E-state index contributed by atoms with van der Waals surface area (Å²) in [5.41, 5.74) is -0.930. The highest BCUT2D eigenvalue weighted by atomic mass is 16.5. The van der Waals surface area contributed by atoms with Gasteiger partial charge in [0.05, 0.1) is 11.5 Å². The van der Waals surface area contributed by atoms with Crippen LogP contribution in [0.25, 0.3) is 0 Å². The molecule has 1 saturated heterocycles. The summed E-state index contributed by atoms with van der Waals surface area (Å²) in [6.45, 7) is 7.54. The molecule has 1 heterocycles. The van der Waals surface area contributed by atoms with Crippen molar-refractivity contribution in [3.8, 4) is 0 Å². The molecule has 0 aromatic carbocycles. The van der Waals surface area contributed by atoms with Crippen LogP contribution >= 0.6 is 0 Å². The molecule has 0 aromatic rings. The largest absolute Gasteiger partial charge is 0.481 e. The normalized spacial score (nSPS) is 19.1. The van der Waals surface area contributed by atoms with E-state index in [1.165, 1.54) is 0 Å². The summed E-state index contributed by atoms with van der Waals surface area (Å²) in [5.74, 6) is -0.946. The van der Waals surface area contributed by atoms with E-state index in [9.17, 15) is 14.7 Å². The molecule has 20 heavy (non-hydrogen) atoms. The second-order valence-electron chi connectivity index (χ2n) is 5.54. The monoisotopic (exact) mass is 285 g/mol. The lowest BCUT2D eigenvalue weighted by Gasteiger charge is -2.30. The van der Waals surface area contributed by atoms with Crippen LogP contribution in [0.2, 0.25) is 0 Å². The van der Waals surface area contributed by atoms with Crippen LogP contribution in [-0.4, -0.2) is 47.7 Å². The third-order valence-electron chi connectivity index (χ3n) is 4.48. The van der Waals surface area contributed by atoms with E-state index in [0.29, 0.717) is 25.9 Å². The van der Waals surface area contributed by atoms with E-state index < -0.39 is 11.4 Å². The zero-order valence-corrected chi connectivity index (χ0v) is 12.9. The highest BCUT2D eigenvalue weighted by Gasteiger charge is 2.38. The zero-order chi connectivity index (χ0) is 15.2. The van der Waals surface area contributed by atoms with E-state index in [1.807, 2.05) is 20.8 Å². The van der Waals surface area contributed by atoms with Crippen molar-refractivity contribution in [3.63, 3.8) is 0 Å². The fourth-order valence-electron chi connectivity index (χ4n) is 2.72. The minimum atomic E-state index is -0.930. The van der Waals surface area contributed by atoms with Crippen molar-refractivity contribution in [3.05, 3.63) is 0 Å². The highest BCUT2D eigenvalue weighted by molar-refractivity contribution is 5.85. The SMILES string of the molecule is CCN(CC1CCCO1)C(=O)CC(CC)(CC)C(=O)O. The Balaban J connectivity index is 2.67. The van der Waals surface area contributed by atoms with E-state index in [0.717, 1.165) is 19.4 Å². The molecule has 1 rings (SSSR count). The van der Waals surface area contributed by atoms with Crippen LogP contribution in [0.5, 0.6) is 0 Å². The van der Waals surface area contributed by atoms with Crippen molar-refractivity contribution in [2.24, 2.45) is 5.41 Å². The van der Waals surface area contributed by atoms with Gasteiger partial charge in [-0.3, -0.25) is 9.59 Å². The lowest BCUT2D eigenvalue weighted by Crippen LogP contribution is -2.42. The van der Waals surface area contributed by atoms with Crippen LogP contribution in [-0.2, 0) is 14.3 Å². The van der Waals surface area contributed by atoms with Crippen molar-refractivity contribution in [1.82, 2.24) is 4.90 Å². The van der Waals surface area contributed by atoms with Gasteiger partial charge in [0, 0.05) is 26.1 Å². The summed E-state index contributed by atoms with van der Waals surface area (Å²) in [6.07, 6.45) is 3.16. The summed E-state index contributed by atoms with van der Waals surface area (Å²) in [4.78, 5) is 25.6. The number of aliphatic carboxylic acids is 1. The zero-order valence-electron chi connectivity index (χ0n) is 12.9. The Morgan fingerprint density at radius 3 is 2.35 bits per heavy atom. The van der Waals surface area contributed by atoms with Gasteiger partial charge in [-0.05, 0) is 32.6 Å². The molecule has 1 atom stereocenters. The minimum absolute atomic E-state index is 0.0749. The van der Waals surface area contributed by atoms with Crippen molar-refractivity contribution >= 4 is 11.9 Å². The molecule has 0 aliphatic carbocycles. The van der Waals surface area contributed by atoms with Crippen LogP contribution in [0.1, 0.15) is 52.9 Å². The molecule has 1 N–H and O–H groups in total. The number of ether oxygens (including phenoxy) is 1. The van der Waals surface area contributed by atoms with Crippen molar-refractivity contribution < 1.29 is 19.4 Å². The van der Waals surface area contributed by atoms with Gasteiger partial charge >= 0.3 is 5.97 Å². The Morgan fingerprint density at radius 2 is 1.95 bits per heavy atom. The van der Waals surface area contributed by atoms with Crippen LogP contribution in [0.3, 0.4) is 0 Å². The molecular formula is C15H27NO4. The number of nitrogens with zero attached hydrogens (tertiary/aromatic N) is 1. The standard InChI is InChI=1S/C15H27NO4/c1-4-15(5-2,14(18)19)10-13(17)16(6-3)11-12-8-7-9-20-12/h12H,4-11H2,1-3H3,(H,18,19). The maximum Gasteiger partial charge on any atom is 0.310 e. The first-order valence-corrected chi connectivity index (χ1v) is 7.61. The molecule has 0 spiro atoms. The molecule has 0 radical (unpaired) electrons. The van der Waals surface area contributed by atoms with E-state index in [-0.39, 0.29) is 18.4 Å². The molecular weight excluding hydrogens is 258 g/mol. The molecule has 5 nitrogen and oxygen atoms in total. The van der Waals surface area contributed by atoms with E-state index in [1.54, 1.807) is 4.90 Å².